The average molecular weight is 345 g/mol. The highest BCUT2D eigenvalue weighted by molar-refractivity contribution is 6.21. The first-order chi connectivity index (χ1) is 11.9. The van der Waals surface area contributed by atoms with Gasteiger partial charge in [-0.3, -0.25) is 19.2 Å². The molecule has 6 heteroatoms. The minimum Gasteiger partial charge on any atom is -0.495 e. The fraction of sp³-hybridized carbons (Fsp3) is 0.474. The molecule has 0 aliphatic heterocycles. The second kappa shape index (κ2) is 8.05. The molecule has 1 fully saturated rings. The van der Waals surface area contributed by atoms with Crippen molar-refractivity contribution in [2.45, 2.75) is 45.4 Å². The Bertz CT molecular complexity index is 692. The monoisotopic (exact) mass is 345 g/mol. The van der Waals surface area contributed by atoms with Crippen molar-refractivity contribution in [3.8, 4) is 5.75 Å². The highest BCUT2D eigenvalue weighted by Gasteiger charge is 2.39. The molecule has 134 valence electrons. The predicted molar refractivity (Wildman–Crippen MR) is 92.7 cm³/mol. The van der Waals surface area contributed by atoms with Crippen LogP contribution in [0, 0.1) is 5.92 Å². The number of rotatable bonds is 6. The highest BCUT2D eigenvalue weighted by Crippen LogP contribution is 2.36. The van der Waals surface area contributed by atoms with Crippen molar-refractivity contribution in [2.75, 3.05) is 12.4 Å². The third kappa shape index (κ3) is 4.32. The molecule has 0 saturated heterocycles. The van der Waals surface area contributed by atoms with Gasteiger partial charge in [0.15, 0.2) is 17.3 Å². The zero-order chi connectivity index (χ0) is 18.6. The van der Waals surface area contributed by atoms with Crippen molar-refractivity contribution >= 4 is 28.9 Å². The van der Waals surface area contributed by atoms with E-state index in [-0.39, 0.29) is 48.4 Å². The summed E-state index contributed by atoms with van der Waals surface area (Å²) in [6.45, 7) is 3.24. The van der Waals surface area contributed by atoms with Crippen LogP contribution in [0.3, 0.4) is 0 Å². The van der Waals surface area contributed by atoms with Gasteiger partial charge in [-0.2, -0.15) is 0 Å². The summed E-state index contributed by atoms with van der Waals surface area (Å²) in [5.74, 6) is -2.01. The van der Waals surface area contributed by atoms with Crippen LogP contribution in [0.25, 0.3) is 0 Å². The molecule has 0 aromatic heterocycles. The van der Waals surface area contributed by atoms with Crippen LogP contribution in [0.5, 0.6) is 5.75 Å². The van der Waals surface area contributed by atoms with Crippen LogP contribution < -0.4 is 10.1 Å². The number of carbonyl (C=O) groups is 4. The number of Topliss-reactive ketones (excluding diaryl/α,β-unsaturated/α-hetero) is 3. The van der Waals surface area contributed by atoms with E-state index in [0.717, 1.165) is 5.56 Å². The van der Waals surface area contributed by atoms with Gasteiger partial charge in [-0.25, -0.2) is 0 Å². The number of hydrogen-bond donors (Lipinski definition) is 1. The molecular formula is C19H23NO5. The number of nitrogens with one attached hydrogen (secondary N) is 1. The summed E-state index contributed by atoms with van der Waals surface area (Å²) in [7, 11) is 1.50. The number of benzene rings is 1. The maximum atomic E-state index is 12.4. The number of ether oxygens (including phenoxy) is 1. The number of carbonyl (C=O) groups excluding carboxylic acids is 4. The molecule has 1 amide bonds. The summed E-state index contributed by atoms with van der Waals surface area (Å²) in [5, 5.41) is 2.68. The Morgan fingerprint density at radius 1 is 1.20 bits per heavy atom. The molecule has 1 aromatic carbocycles. The molecule has 2 rings (SSSR count). The molecule has 0 radical (unpaired) electrons. The van der Waals surface area contributed by atoms with Gasteiger partial charge in [0, 0.05) is 26.2 Å². The lowest BCUT2D eigenvalue weighted by molar-refractivity contribution is -0.142. The van der Waals surface area contributed by atoms with E-state index in [4.69, 9.17) is 4.74 Å². The van der Waals surface area contributed by atoms with E-state index in [1.54, 1.807) is 18.2 Å². The number of anilines is 1. The van der Waals surface area contributed by atoms with Crippen molar-refractivity contribution in [1.29, 1.82) is 0 Å². The second-order valence-corrected chi connectivity index (χ2v) is 6.33. The Labute approximate surface area is 146 Å². The first kappa shape index (κ1) is 18.8. The van der Waals surface area contributed by atoms with Crippen molar-refractivity contribution in [2.24, 2.45) is 5.92 Å². The van der Waals surface area contributed by atoms with E-state index in [1.807, 2.05) is 6.92 Å². The predicted octanol–water partition coefficient (Wildman–Crippen LogP) is 2.65. The van der Waals surface area contributed by atoms with Gasteiger partial charge in [0.2, 0.25) is 5.91 Å². The number of amides is 1. The summed E-state index contributed by atoms with van der Waals surface area (Å²) >= 11 is 0. The standard InChI is InChI=1S/C19H23NO5/c1-4-5-15(22)19-16(23)9-13(10-17(19)24)12-6-7-18(25-3)14(8-12)20-11(2)21/h6-8,13,19H,4-5,9-10H2,1-3H3,(H,20,21). The lowest BCUT2D eigenvalue weighted by atomic mass is 9.74. The van der Waals surface area contributed by atoms with Crippen LogP contribution in [0.2, 0.25) is 0 Å². The Morgan fingerprint density at radius 3 is 2.36 bits per heavy atom. The quantitative estimate of drug-likeness (QED) is 0.801. The Hall–Kier alpha value is -2.50. The van der Waals surface area contributed by atoms with Crippen LogP contribution >= 0.6 is 0 Å². The second-order valence-electron chi connectivity index (χ2n) is 6.33. The third-order valence-electron chi connectivity index (χ3n) is 4.36. The lowest BCUT2D eigenvalue weighted by Gasteiger charge is -2.26. The summed E-state index contributed by atoms with van der Waals surface area (Å²) in [4.78, 5) is 48.1. The van der Waals surface area contributed by atoms with Crippen LogP contribution in [-0.2, 0) is 19.2 Å². The molecule has 1 N–H and O–H groups in total. The smallest absolute Gasteiger partial charge is 0.221 e. The number of hydrogen-bond acceptors (Lipinski definition) is 5. The minimum absolute atomic E-state index is 0.150. The average Bonchev–Trinajstić information content (AvgIpc) is 2.53. The molecule has 1 aliphatic rings. The van der Waals surface area contributed by atoms with E-state index in [0.29, 0.717) is 17.9 Å². The van der Waals surface area contributed by atoms with Gasteiger partial charge in [0.05, 0.1) is 12.8 Å². The van der Waals surface area contributed by atoms with E-state index < -0.39 is 5.92 Å². The highest BCUT2D eigenvalue weighted by atomic mass is 16.5. The molecule has 0 unspecified atom stereocenters. The molecule has 1 aliphatic carbocycles. The van der Waals surface area contributed by atoms with Crippen molar-refractivity contribution in [3.63, 3.8) is 0 Å². The van der Waals surface area contributed by atoms with Crippen LogP contribution in [0.15, 0.2) is 18.2 Å². The maximum Gasteiger partial charge on any atom is 0.221 e. The van der Waals surface area contributed by atoms with Gasteiger partial charge < -0.3 is 10.1 Å². The Morgan fingerprint density at radius 2 is 1.84 bits per heavy atom. The van der Waals surface area contributed by atoms with Gasteiger partial charge in [0.25, 0.3) is 0 Å². The van der Waals surface area contributed by atoms with Crippen molar-refractivity contribution < 1.29 is 23.9 Å². The Kier molecular flexibility index (Phi) is 6.07. The third-order valence-corrected chi connectivity index (χ3v) is 4.36. The van der Waals surface area contributed by atoms with Crippen molar-refractivity contribution in [3.05, 3.63) is 23.8 Å². The Balaban J connectivity index is 2.23. The lowest BCUT2D eigenvalue weighted by Crippen LogP contribution is -2.38. The molecule has 0 bridgehead atoms. The van der Waals surface area contributed by atoms with E-state index in [1.165, 1.54) is 14.0 Å². The van der Waals surface area contributed by atoms with Gasteiger partial charge in [-0.05, 0) is 30.0 Å². The largest absolute Gasteiger partial charge is 0.495 e. The SMILES string of the molecule is CCCC(=O)C1C(=O)CC(c2ccc(OC)c(NC(C)=O)c2)CC1=O. The van der Waals surface area contributed by atoms with Gasteiger partial charge in [-0.15, -0.1) is 0 Å². The fourth-order valence-electron chi connectivity index (χ4n) is 3.23. The first-order valence-electron chi connectivity index (χ1n) is 8.41. The summed E-state index contributed by atoms with van der Waals surface area (Å²) in [6.07, 6.45) is 1.18. The summed E-state index contributed by atoms with van der Waals surface area (Å²) in [6, 6.07) is 5.20. The molecule has 0 heterocycles. The molecule has 25 heavy (non-hydrogen) atoms. The molecule has 6 nitrogen and oxygen atoms in total. The minimum atomic E-state index is -1.09. The zero-order valence-electron chi connectivity index (χ0n) is 14.8. The van der Waals surface area contributed by atoms with Crippen LogP contribution in [0.4, 0.5) is 5.69 Å². The molecule has 0 spiro atoms. The van der Waals surface area contributed by atoms with E-state index >= 15 is 0 Å². The first-order valence-corrected chi connectivity index (χ1v) is 8.41. The van der Waals surface area contributed by atoms with Gasteiger partial charge in [0.1, 0.15) is 11.7 Å². The van der Waals surface area contributed by atoms with Gasteiger partial charge in [-0.1, -0.05) is 13.0 Å². The number of ketones is 3. The zero-order valence-corrected chi connectivity index (χ0v) is 14.8. The normalized spacial score (nSPS) is 20.3. The van der Waals surface area contributed by atoms with E-state index in [2.05, 4.69) is 5.32 Å². The van der Waals surface area contributed by atoms with Crippen molar-refractivity contribution in [1.82, 2.24) is 0 Å². The topological polar surface area (TPSA) is 89.5 Å². The van der Waals surface area contributed by atoms with Crippen LogP contribution in [-0.4, -0.2) is 30.4 Å². The summed E-state index contributed by atoms with van der Waals surface area (Å²) in [5.41, 5.74) is 1.27. The summed E-state index contributed by atoms with van der Waals surface area (Å²) < 4.78 is 5.21. The molecular weight excluding hydrogens is 322 g/mol. The van der Waals surface area contributed by atoms with E-state index in [9.17, 15) is 19.2 Å². The maximum absolute atomic E-state index is 12.4. The van der Waals surface area contributed by atoms with Crippen LogP contribution in [0.1, 0.15) is 51.0 Å². The molecule has 0 atom stereocenters. The molecule has 1 aromatic rings. The fourth-order valence-corrected chi connectivity index (χ4v) is 3.23. The van der Waals surface area contributed by atoms with Gasteiger partial charge >= 0.3 is 0 Å². The number of methoxy groups -OCH3 is 1. The molecule has 1 saturated carbocycles.